The number of aromatic nitrogens is 1. The second-order valence-electron chi connectivity index (χ2n) is 7.09. The average Bonchev–Trinajstić information content (AvgIpc) is 2.99. The maximum Gasteiger partial charge on any atom is 0.341 e. The van der Waals surface area contributed by atoms with E-state index in [0.717, 1.165) is 28.1 Å². The summed E-state index contributed by atoms with van der Waals surface area (Å²) in [6, 6.07) is 9.29. The minimum atomic E-state index is -1.21. The van der Waals surface area contributed by atoms with Crippen molar-refractivity contribution in [2.45, 2.75) is 20.3 Å². The van der Waals surface area contributed by atoms with Crippen molar-refractivity contribution >= 4 is 28.4 Å². The van der Waals surface area contributed by atoms with E-state index in [1.54, 1.807) is 6.92 Å². The Hall–Kier alpha value is -3.48. The van der Waals surface area contributed by atoms with E-state index in [0.29, 0.717) is 12.1 Å². The Labute approximate surface area is 171 Å². The van der Waals surface area contributed by atoms with Gasteiger partial charge in [-0.25, -0.2) is 13.6 Å². The topological polar surface area (TPSA) is 62.4 Å². The van der Waals surface area contributed by atoms with Gasteiger partial charge < -0.3 is 14.6 Å². The number of H-pyrrole nitrogens is 1. The van der Waals surface area contributed by atoms with Gasteiger partial charge in [0.15, 0.2) is 11.6 Å². The highest BCUT2D eigenvalue weighted by Crippen LogP contribution is 2.33. The van der Waals surface area contributed by atoms with Gasteiger partial charge in [-0.1, -0.05) is 24.3 Å². The van der Waals surface area contributed by atoms with Gasteiger partial charge in [-0.3, -0.25) is 4.79 Å². The van der Waals surface area contributed by atoms with Crippen molar-refractivity contribution in [3.8, 4) is 0 Å². The predicted octanol–water partition coefficient (Wildman–Crippen LogP) is 4.36. The van der Waals surface area contributed by atoms with Gasteiger partial charge in [0, 0.05) is 23.6 Å². The van der Waals surface area contributed by atoms with E-state index in [1.807, 2.05) is 25.1 Å². The molecule has 1 aromatic heterocycles. The van der Waals surface area contributed by atoms with Gasteiger partial charge in [-0.2, -0.15) is 0 Å². The number of hydrogen-bond donors (Lipinski definition) is 1. The molecule has 1 aliphatic heterocycles. The summed E-state index contributed by atoms with van der Waals surface area (Å²) in [5, 5.41) is 0.950. The highest BCUT2D eigenvalue weighted by atomic mass is 19.2. The quantitative estimate of drug-likeness (QED) is 0.653. The van der Waals surface area contributed by atoms with Crippen molar-refractivity contribution in [3.05, 3.63) is 76.6 Å². The molecule has 0 fully saturated rings. The van der Waals surface area contributed by atoms with Crippen LogP contribution in [0, 0.1) is 18.6 Å². The molecule has 5 nitrogen and oxygen atoms in total. The first-order valence-electron chi connectivity index (χ1n) is 9.66. The largest absolute Gasteiger partial charge is 0.462 e. The van der Waals surface area contributed by atoms with Crippen LogP contribution in [0.4, 0.5) is 8.78 Å². The maximum absolute atomic E-state index is 14.2. The summed E-state index contributed by atoms with van der Waals surface area (Å²) >= 11 is 0. The van der Waals surface area contributed by atoms with E-state index in [-0.39, 0.29) is 24.3 Å². The molecule has 2 heterocycles. The summed E-state index contributed by atoms with van der Waals surface area (Å²) in [4.78, 5) is 30.2. The van der Waals surface area contributed by atoms with E-state index >= 15 is 0 Å². The number of para-hydroxylation sites is 1. The minimum absolute atomic E-state index is 0.164. The van der Waals surface area contributed by atoms with Gasteiger partial charge in [0.25, 0.3) is 5.91 Å². The highest BCUT2D eigenvalue weighted by Gasteiger charge is 2.29. The minimum Gasteiger partial charge on any atom is -0.462 e. The number of amides is 1. The normalized spacial score (nSPS) is 13.6. The summed E-state index contributed by atoms with van der Waals surface area (Å²) in [7, 11) is 0. The predicted molar refractivity (Wildman–Crippen MR) is 109 cm³/mol. The molecule has 0 saturated carbocycles. The number of aromatic amines is 1. The molecule has 0 radical (unpaired) electrons. The number of ether oxygens (including phenoxy) is 1. The molecule has 1 N–H and O–H groups in total. The smallest absolute Gasteiger partial charge is 0.341 e. The Morgan fingerprint density at radius 3 is 2.70 bits per heavy atom. The molecule has 1 aliphatic rings. The number of esters is 1. The highest BCUT2D eigenvalue weighted by molar-refractivity contribution is 6.18. The third-order valence-corrected chi connectivity index (χ3v) is 5.24. The molecule has 7 heteroatoms. The Balaban J connectivity index is 1.84. The van der Waals surface area contributed by atoms with E-state index < -0.39 is 23.5 Å². The van der Waals surface area contributed by atoms with Crippen LogP contribution in [0.5, 0.6) is 0 Å². The van der Waals surface area contributed by atoms with Crippen molar-refractivity contribution in [1.82, 2.24) is 9.88 Å². The van der Waals surface area contributed by atoms with Crippen molar-refractivity contribution in [3.63, 3.8) is 0 Å². The van der Waals surface area contributed by atoms with Crippen LogP contribution in [0.15, 0.2) is 42.6 Å². The number of carbonyl (C=O) groups excluding carboxylic acids is 2. The van der Waals surface area contributed by atoms with Gasteiger partial charge >= 0.3 is 5.97 Å². The second-order valence-corrected chi connectivity index (χ2v) is 7.09. The lowest BCUT2D eigenvalue weighted by atomic mass is 10.0. The summed E-state index contributed by atoms with van der Waals surface area (Å²) < 4.78 is 33.0. The fourth-order valence-corrected chi connectivity index (χ4v) is 3.77. The number of rotatable bonds is 3. The molecule has 2 aromatic carbocycles. The fourth-order valence-electron chi connectivity index (χ4n) is 3.77. The first-order chi connectivity index (χ1) is 14.4. The average molecular weight is 410 g/mol. The summed E-state index contributed by atoms with van der Waals surface area (Å²) in [6.07, 6.45) is 1.79. The summed E-state index contributed by atoms with van der Waals surface area (Å²) in [5.41, 5.74) is 3.17. The summed E-state index contributed by atoms with van der Waals surface area (Å²) in [6.45, 7) is 4.02. The lowest BCUT2D eigenvalue weighted by Gasteiger charge is -2.18. The second kappa shape index (κ2) is 7.74. The third-order valence-electron chi connectivity index (χ3n) is 5.24. The molecule has 3 aromatic rings. The van der Waals surface area contributed by atoms with E-state index in [1.165, 1.54) is 23.2 Å². The zero-order valence-corrected chi connectivity index (χ0v) is 16.6. The zero-order valence-electron chi connectivity index (χ0n) is 16.6. The molecule has 30 heavy (non-hydrogen) atoms. The van der Waals surface area contributed by atoms with Crippen LogP contribution < -0.4 is 0 Å². The summed E-state index contributed by atoms with van der Waals surface area (Å²) in [5.74, 6) is -3.63. The molecule has 0 saturated heterocycles. The number of aryl methyl sites for hydroxylation is 1. The van der Waals surface area contributed by atoms with Crippen LogP contribution in [0.3, 0.4) is 0 Å². The fraction of sp³-hybridized carbons (Fsp3) is 0.217. The Morgan fingerprint density at radius 2 is 1.93 bits per heavy atom. The third kappa shape index (κ3) is 3.26. The van der Waals surface area contributed by atoms with Crippen LogP contribution >= 0.6 is 0 Å². The maximum atomic E-state index is 14.2. The van der Waals surface area contributed by atoms with E-state index in [2.05, 4.69) is 4.98 Å². The van der Waals surface area contributed by atoms with E-state index in [4.69, 9.17) is 4.74 Å². The number of nitrogens with zero attached hydrogens (tertiary/aromatic N) is 1. The molecule has 0 spiro atoms. The molecule has 4 rings (SSSR count). The molecule has 0 bridgehead atoms. The van der Waals surface area contributed by atoms with Crippen molar-refractivity contribution in [2.75, 3.05) is 13.2 Å². The first kappa shape index (κ1) is 19.8. The van der Waals surface area contributed by atoms with Crippen molar-refractivity contribution < 1.29 is 23.1 Å². The molecule has 154 valence electrons. The molecular formula is C23H20F2N2O3. The van der Waals surface area contributed by atoms with Gasteiger partial charge in [0.1, 0.15) is 0 Å². The van der Waals surface area contributed by atoms with Crippen LogP contribution in [-0.2, 0) is 16.0 Å². The number of carbonyl (C=O) groups is 2. The Morgan fingerprint density at radius 1 is 1.17 bits per heavy atom. The van der Waals surface area contributed by atoms with Crippen LogP contribution in [0.1, 0.15) is 34.1 Å². The van der Waals surface area contributed by atoms with E-state index in [9.17, 15) is 18.4 Å². The van der Waals surface area contributed by atoms with Crippen molar-refractivity contribution in [1.29, 1.82) is 0 Å². The van der Waals surface area contributed by atoms with Gasteiger partial charge in [-0.05, 0) is 43.5 Å². The number of nitrogens with one attached hydrogen (secondary N) is 1. The number of halogens is 2. The van der Waals surface area contributed by atoms with Gasteiger partial charge in [0.05, 0.1) is 23.4 Å². The lowest BCUT2D eigenvalue weighted by molar-refractivity contribution is -0.136. The standard InChI is InChI=1S/C23H20F2N2O3/c1-3-30-23(29)17-12-27(22(28)16-8-5-9-18(24)19(16)25)11-10-15-14-7-4-6-13(2)20(14)26-21(15)17/h4-9,12,26H,3,10-11H2,1-2H3. The van der Waals surface area contributed by atoms with Crippen LogP contribution in [-0.4, -0.2) is 34.9 Å². The van der Waals surface area contributed by atoms with Crippen molar-refractivity contribution in [2.24, 2.45) is 0 Å². The molecule has 1 amide bonds. The zero-order chi connectivity index (χ0) is 21.4. The molecular weight excluding hydrogens is 390 g/mol. The molecule has 0 unspecified atom stereocenters. The monoisotopic (exact) mass is 410 g/mol. The Kier molecular flexibility index (Phi) is 5.11. The lowest BCUT2D eigenvalue weighted by Crippen LogP contribution is -2.29. The first-order valence-corrected chi connectivity index (χ1v) is 9.66. The molecule has 0 atom stereocenters. The van der Waals surface area contributed by atoms with Gasteiger partial charge in [0.2, 0.25) is 0 Å². The van der Waals surface area contributed by atoms with Gasteiger partial charge in [-0.15, -0.1) is 0 Å². The van der Waals surface area contributed by atoms with Crippen LogP contribution in [0.2, 0.25) is 0 Å². The SMILES string of the molecule is CCOC(=O)C1=CN(C(=O)c2cccc(F)c2F)CCc2c1[nH]c1c(C)cccc21. The number of fused-ring (bicyclic) bond motifs is 3. The number of hydrogen-bond acceptors (Lipinski definition) is 3. The Bertz CT molecular complexity index is 1200. The van der Waals surface area contributed by atoms with Crippen LogP contribution in [0.25, 0.3) is 16.5 Å². The number of benzene rings is 2. The molecule has 0 aliphatic carbocycles.